The van der Waals surface area contributed by atoms with Crippen LogP contribution in [0.4, 0.5) is 10.5 Å². The van der Waals surface area contributed by atoms with Gasteiger partial charge in [0.15, 0.2) is 6.61 Å². The van der Waals surface area contributed by atoms with E-state index in [1.54, 1.807) is 39.0 Å². The summed E-state index contributed by atoms with van der Waals surface area (Å²) in [4.78, 5) is 22.8. The molecular weight excluding hydrogens is 286 g/mol. The van der Waals surface area contributed by atoms with Crippen LogP contribution in [0.2, 0.25) is 0 Å². The first-order chi connectivity index (χ1) is 10.2. The summed E-state index contributed by atoms with van der Waals surface area (Å²) in [6.45, 7) is 7.20. The van der Waals surface area contributed by atoms with Crippen molar-refractivity contribution in [1.29, 1.82) is 0 Å². The molecule has 0 aliphatic heterocycles. The molecular formula is C16H23NO5. The van der Waals surface area contributed by atoms with Gasteiger partial charge in [0.1, 0.15) is 11.4 Å². The first-order valence-electron chi connectivity index (χ1n) is 7.07. The van der Waals surface area contributed by atoms with Crippen LogP contribution < -0.4 is 10.1 Å². The number of carbonyl (C=O) groups excluding carboxylic acids is 2. The van der Waals surface area contributed by atoms with Gasteiger partial charge in [0.2, 0.25) is 0 Å². The molecule has 0 bridgehead atoms. The lowest BCUT2D eigenvalue weighted by Crippen LogP contribution is -2.27. The number of benzene rings is 1. The zero-order chi connectivity index (χ0) is 16.8. The van der Waals surface area contributed by atoms with Crippen molar-refractivity contribution in [1.82, 2.24) is 0 Å². The number of nitrogens with one attached hydrogen (secondary N) is 1. The number of ether oxygens (including phenoxy) is 3. The highest BCUT2D eigenvalue weighted by Crippen LogP contribution is 2.24. The normalized spacial score (nSPS) is 10.8. The number of anilines is 1. The summed E-state index contributed by atoms with van der Waals surface area (Å²) >= 11 is 0. The molecule has 122 valence electrons. The number of esters is 1. The van der Waals surface area contributed by atoms with Gasteiger partial charge in [-0.2, -0.15) is 0 Å². The number of hydrogen-bond acceptors (Lipinski definition) is 5. The van der Waals surface area contributed by atoms with E-state index in [1.165, 1.54) is 7.11 Å². The topological polar surface area (TPSA) is 73.9 Å². The Morgan fingerprint density at radius 2 is 1.91 bits per heavy atom. The van der Waals surface area contributed by atoms with Crippen LogP contribution in [-0.2, 0) is 20.7 Å². The lowest BCUT2D eigenvalue weighted by molar-refractivity contribution is -0.142. The summed E-state index contributed by atoms with van der Waals surface area (Å²) in [5.41, 5.74) is 0.926. The summed E-state index contributed by atoms with van der Waals surface area (Å²) in [7, 11) is 1.31. The van der Waals surface area contributed by atoms with Crippen LogP contribution in [0.25, 0.3) is 0 Å². The van der Waals surface area contributed by atoms with Crippen LogP contribution in [0.3, 0.4) is 0 Å². The van der Waals surface area contributed by atoms with Crippen LogP contribution in [0.5, 0.6) is 5.75 Å². The third-order valence-electron chi connectivity index (χ3n) is 2.66. The third kappa shape index (κ3) is 6.03. The van der Waals surface area contributed by atoms with Gasteiger partial charge in [-0.1, -0.05) is 6.92 Å². The van der Waals surface area contributed by atoms with Crippen molar-refractivity contribution in [3.8, 4) is 5.75 Å². The van der Waals surface area contributed by atoms with E-state index in [9.17, 15) is 9.59 Å². The molecule has 0 radical (unpaired) electrons. The van der Waals surface area contributed by atoms with Crippen LogP contribution in [0, 0.1) is 0 Å². The minimum atomic E-state index is -0.554. The smallest absolute Gasteiger partial charge is 0.412 e. The van der Waals surface area contributed by atoms with Crippen LogP contribution in [0.1, 0.15) is 33.3 Å². The molecule has 0 saturated heterocycles. The summed E-state index contributed by atoms with van der Waals surface area (Å²) < 4.78 is 15.1. The lowest BCUT2D eigenvalue weighted by Gasteiger charge is -2.20. The predicted molar refractivity (Wildman–Crippen MR) is 83.2 cm³/mol. The molecule has 0 unspecified atom stereocenters. The average molecular weight is 309 g/mol. The second-order valence-corrected chi connectivity index (χ2v) is 5.67. The SMILES string of the molecule is CCc1cc(NC(=O)OC(C)(C)C)ccc1OCC(=O)OC. The van der Waals surface area contributed by atoms with Crippen molar-refractivity contribution in [3.05, 3.63) is 23.8 Å². The van der Waals surface area contributed by atoms with E-state index in [-0.39, 0.29) is 6.61 Å². The second-order valence-electron chi connectivity index (χ2n) is 5.67. The molecule has 6 heteroatoms. The first kappa shape index (κ1) is 17.8. The number of methoxy groups -OCH3 is 1. The largest absolute Gasteiger partial charge is 0.482 e. The number of carbonyl (C=O) groups is 2. The lowest BCUT2D eigenvalue weighted by atomic mass is 10.1. The zero-order valence-electron chi connectivity index (χ0n) is 13.7. The number of amides is 1. The molecule has 0 aliphatic rings. The van der Waals surface area contributed by atoms with E-state index in [1.807, 2.05) is 6.92 Å². The van der Waals surface area contributed by atoms with Gasteiger partial charge in [-0.3, -0.25) is 5.32 Å². The zero-order valence-corrected chi connectivity index (χ0v) is 13.7. The molecule has 1 amide bonds. The van der Waals surface area contributed by atoms with Crippen molar-refractivity contribution >= 4 is 17.7 Å². The minimum absolute atomic E-state index is 0.150. The Morgan fingerprint density at radius 3 is 2.45 bits per heavy atom. The maximum absolute atomic E-state index is 11.7. The summed E-state index contributed by atoms with van der Waals surface area (Å²) in [6.07, 6.45) is 0.179. The van der Waals surface area contributed by atoms with Gasteiger partial charge in [-0.05, 0) is 51.0 Å². The molecule has 1 aromatic rings. The summed E-state index contributed by atoms with van der Waals surface area (Å²) in [6, 6.07) is 5.18. The fraction of sp³-hybridized carbons (Fsp3) is 0.500. The van der Waals surface area contributed by atoms with Gasteiger partial charge in [-0.25, -0.2) is 9.59 Å². The minimum Gasteiger partial charge on any atom is -0.482 e. The molecule has 0 aliphatic carbocycles. The highest BCUT2D eigenvalue weighted by atomic mass is 16.6. The van der Waals surface area contributed by atoms with Crippen LogP contribution in [0.15, 0.2) is 18.2 Å². The van der Waals surface area contributed by atoms with Crippen molar-refractivity contribution in [2.75, 3.05) is 19.0 Å². The Bertz CT molecular complexity index is 534. The highest BCUT2D eigenvalue weighted by Gasteiger charge is 2.16. The quantitative estimate of drug-likeness (QED) is 0.846. The van der Waals surface area contributed by atoms with E-state index in [4.69, 9.17) is 9.47 Å². The molecule has 0 atom stereocenters. The number of hydrogen-bond donors (Lipinski definition) is 1. The number of rotatable bonds is 5. The molecule has 1 N–H and O–H groups in total. The van der Waals surface area contributed by atoms with Crippen molar-refractivity contribution in [2.24, 2.45) is 0 Å². The van der Waals surface area contributed by atoms with Gasteiger partial charge < -0.3 is 14.2 Å². The first-order valence-corrected chi connectivity index (χ1v) is 7.07. The van der Waals surface area contributed by atoms with Gasteiger partial charge in [0.25, 0.3) is 0 Å². The Hall–Kier alpha value is -2.24. The molecule has 0 heterocycles. The Kier molecular flexibility index (Phi) is 6.22. The van der Waals surface area contributed by atoms with Crippen molar-refractivity contribution in [2.45, 2.75) is 39.7 Å². The maximum Gasteiger partial charge on any atom is 0.412 e. The van der Waals surface area contributed by atoms with Gasteiger partial charge in [0.05, 0.1) is 7.11 Å². The Morgan fingerprint density at radius 1 is 1.23 bits per heavy atom. The molecule has 0 aromatic heterocycles. The Balaban J connectivity index is 2.75. The van der Waals surface area contributed by atoms with E-state index < -0.39 is 17.7 Å². The van der Waals surface area contributed by atoms with E-state index in [2.05, 4.69) is 10.1 Å². The average Bonchev–Trinajstić information content (AvgIpc) is 2.43. The maximum atomic E-state index is 11.7. The summed E-state index contributed by atoms with van der Waals surface area (Å²) in [5, 5.41) is 2.67. The summed E-state index contributed by atoms with van der Waals surface area (Å²) in [5.74, 6) is 0.139. The predicted octanol–water partition coefficient (Wildman–Crippen LogP) is 3.15. The molecule has 6 nitrogen and oxygen atoms in total. The molecule has 0 fully saturated rings. The standard InChI is InChI=1S/C16H23NO5/c1-6-11-9-12(17-15(19)22-16(2,3)4)7-8-13(11)21-10-14(18)20-5/h7-9H,6,10H2,1-5H3,(H,17,19). The van der Waals surface area contributed by atoms with Crippen molar-refractivity contribution < 1.29 is 23.8 Å². The molecule has 1 aromatic carbocycles. The van der Waals surface area contributed by atoms with E-state index in [0.29, 0.717) is 17.9 Å². The molecule has 0 spiro atoms. The van der Waals surface area contributed by atoms with Crippen molar-refractivity contribution in [3.63, 3.8) is 0 Å². The molecule has 1 rings (SSSR count). The fourth-order valence-corrected chi connectivity index (χ4v) is 1.69. The molecule has 0 saturated carbocycles. The highest BCUT2D eigenvalue weighted by molar-refractivity contribution is 5.85. The van der Waals surface area contributed by atoms with Crippen LogP contribution >= 0.6 is 0 Å². The fourth-order valence-electron chi connectivity index (χ4n) is 1.69. The Labute approximate surface area is 130 Å². The van der Waals surface area contributed by atoms with Gasteiger partial charge >= 0.3 is 12.1 Å². The van der Waals surface area contributed by atoms with Gasteiger partial charge in [-0.15, -0.1) is 0 Å². The van der Waals surface area contributed by atoms with E-state index in [0.717, 1.165) is 5.56 Å². The second kappa shape index (κ2) is 7.68. The molecule has 22 heavy (non-hydrogen) atoms. The number of aryl methyl sites for hydroxylation is 1. The monoisotopic (exact) mass is 309 g/mol. The van der Waals surface area contributed by atoms with Crippen LogP contribution in [-0.4, -0.2) is 31.4 Å². The third-order valence-corrected chi connectivity index (χ3v) is 2.66. The van der Waals surface area contributed by atoms with Gasteiger partial charge in [0, 0.05) is 5.69 Å². The van der Waals surface area contributed by atoms with E-state index >= 15 is 0 Å².